The number of hydrogen-bond acceptors (Lipinski definition) is 23. The first-order valence-corrected chi connectivity index (χ1v) is 40.7. The molecule has 0 bridgehead atoms. The quantitative estimate of drug-likeness (QED) is 0.0190. The Balaban J connectivity index is 0.000000205. The molecule has 0 radical (unpaired) electrons. The van der Waals surface area contributed by atoms with Gasteiger partial charge in [-0.3, -0.25) is 4.55 Å². The Hall–Kier alpha value is -7.82. The number of anilines is 9. The van der Waals surface area contributed by atoms with E-state index in [1.807, 2.05) is 62.4 Å². The van der Waals surface area contributed by atoms with Crippen LogP contribution in [0, 0.1) is 20.8 Å². The second-order valence-electron chi connectivity index (χ2n) is 24.5. The summed E-state index contributed by atoms with van der Waals surface area (Å²) in [7, 11) is 1.56. The van der Waals surface area contributed by atoms with Crippen molar-refractivity contribution < 1.29 is 46.2 Å². The molecule has 2 aliphatic heterocycles. The maximum atomic E-state index is 13.4. The van der Waals surface area contributed by atoms with Gasteiger partial charge in [-0.2, -0.15) is 28.6 Å². The molecule has 2 saturated heterocycles. The fourth-order valence-corrected chi connectivity index (χ4v) is 13.6. The molecule has 6 heterocycles. The van der Waals surface area contributed by atoms with Gasteiger partial charge in [0.05, 0.1) is 101 Å². The normalized spacial score (nSPS) is 13.4. The molecule has 101 heavy (non-hydrogen) atoms. The number of aliphatic hydroxyl groups is 1. The van der Waals surface area contributed by atoms with Gasteiger partial charge in [0.25, 0.3) is 10.1 Å². The fraction of sp³-hybridized carbons (Fsp3) is 0.362. The molecule has 7 N–H and O–H groups in total. The van der Waals surface area contributed by atoms with Crippen molar-refractivity contribution in [3.8, 4) is 34.4 Å². The molecule has 544 valence electrons. The van der Waals surface area contributed by atoms with Gasteiger partial charge in [0.1, 0.15) is 37.4 Å². The summed E-state index contributed by atoms with van der Waals surface area (Å²) in [5.41, 5.74) is 15.8. The summed E-state index contributed by atoms with van der Waals surface area (Å²) in [6, 6.07) is 25.4. The number of likely N-dealkylation sites (N-methyl/N-ethyl adjacent to an activating group) is 2. The van der Waals surface area contributed by atoms with Crippen LogP contribution in [0.25, 0.3) is 11.4 Å². The van der Waals surface area contributed by atoms with Gasteiger partial charge in [-0.25, -0.2) is 19.3 Å². The van der Waals surface area contributed by atoms with Crippen molar-refractivity contribution in [2.45, 2.75) is 45.4 Å². The highest BCUT2D eigenvalue weighted by molar-refractivity contribution is 9.11. The van der Waals surface area contributed by atoms with Crippen LogP contribution in [0.4, 0.5) is 51.7 Å². The van der Waals surface area contributed by atoms with E-state index in [1.54, 1.807) is 114 Å². The maximum Gasteiger partial charge on any atom is 0.294 e. The number of ether oxygens (including phenoxy) is 4. The van der Waals surface area contributed by atoms with Crippen molar-refractivity contribution in [1.29, 1.82) is 0 Å². The van der Waals surface area contributed by atoms with Crippen LogP contribution in [0.3, 0.4) is 0 Å². The molecule has 0 saturated carbocycles. The summed E-state index contributed by atoms with van der Waals surface area (Å²) in [6.45, 7) is 23.4. The standard InChI is InChI=1S/C29H36BrN8O3P.C16H16BrClN5O2P.C13H21N3O.C7H8O3S.C4H10O/c1-19-13-25(37-11-9-36(2)10-12-37)26(41-4)15-24(19)34-29-31-17-22(30)28(35-29)33-23-8-7-20(14-27(23)42(5,6)39)38-18-21(40-3)16-32-38;1-25-11-7-20-23(9-11)10-4-5-13(14(6-10)26(2,3)24)21-15-12(17)8-19-16(18)22-15;1-10-8-12(13(17-3)9-11(10)14)16-6-4-15(2)5-7-16;1-6-2-4-7(5-3-6)11(8,9)10;1-2-3-4-5/h7-8,13-18H,9-12H2,1-6H3,(H2,31,33,34,35);4-9H,1-3H3,(H,19,21,22);8-9H,4-7,14H2,1-3H3;2-5H,1H3,(H,8,9,10);5H,2-4H2,1H3. The molecule has 11 rings (SSSR count). The molecular formula is C69H91Br2ClN16O10P2S. The van der Waals surface area contributed by atoms with Gasteiger partial charge in [-0.1, -0.05) is 31.0 Å². The number of benzene rings is 5. The number of piperazine rings is 2. The SMILES string of the molecule is CCCCO.COc1cc(N)c(C)cc1N1CCN(C)CC1.COc1cnn(-c2ccc(Nc3nc(Cl)ncc3Br)c(P(C)(C)=O)c2)c1.COc1cnn(-c2ccc(Nc3nc(Nc4cc(OC)c(N5CCN(C)CC5)cc4C)ncc3Br)c(P(C)(C)=O)c2)c1.Cc1ccc(S(=O)(=O)O)cc1. The molecule has 0 unspecified atom stereocenters. The smallest absolute Gasteiger partial charge is 0.294 e. The van der Waals surface area contributed by atoms with Crippen molar-refractivity contribution in [3.63, 3.8) is 0 Å². The molecule has 9 aromatic rings. The summed E-state index contributed by atoms with van der Waals surface area (Å²) in [6.07, 6.45) is 12.1. The van der Waals surface area contributed by atoms with Gasteiger partial charge < -0.3 is 74.5 Å². The lowest BCUT2D eigenvalue weighted by Crippen LogP contribution is -2.44. The number of methoxy groups -OCH3 is 4. The fourth-order valence-electron chi connectivity index (χ4n) is 10.1. The van der Waals surface area contributed by atoms with E-state index in [9.17, 15) is 17.5 Å². The molecule has 32 heteroatoms. The van der Waals surface area contributed by atoms with Gasteiger partial charge in [-0.15, -0.1) is 0 Å². The van der Waals surface area contributed by atoms with Crippen molar-refractivity contribution in [1.82, 2.24) is 49.3 Å². The zero-order valence-electron chi connectivity index (χ0n) is 59.4. The Kier molecular flexibility index (Phi) is 29.4. The van der Waals surface area contributed by atoms with E-state index < -0.39 is 24.4 Å². The first kappa shape index (κ1) is 80.5. The van der Waals surface area contributed by atoms with Gasteiger partial charge in [-0.05, 0) is 183 Å². The van der Waals surface area contributed by atoms with Gasteiger partial charge in [0, 0.05) is 105 Å². The van der Waals surface area contributed by atoms with Crippen LogP contribution in [0.2, 0.25) is 5.28 Å². The monoisotopic (exact) mass is 1590 g/mol. The molecule has 4 aromatic heterocycles. The molecule has 26 nitrogen and oxygen atoms in total. The van der Waals surface area contributed by atoms with Crippen LogP contribution in [0.5, 0.6) is 23.0 Å². The summed E-state index contributed by atoms with van der Waals surface area (Å²) in [5, 5.41) is 28.0. The summed E-state index contributed by atoms with van der Waals surface area (Å²) in [4.78, 5) is 26.6. The molecule has 0 spiro atoms. The minimum atomic E-state index is -4.02. The van der Waals surface area contributed by atoms with Crippen molar-refractivity contribution in [2.75, 3.05) is 160 Å². The highest BCUT2D eigenvalue weighted by Crippen LogP contribution is 2.42. The average Bonchev–Trinajstić information content (AvgIpc) is 1.66. The second-order valence-corrected chi connectivity index (χ2v) is 34.4. The topological polar surface area (TPSA) is 308 Å². The van der Waals surface area contributed by atoms with E-state index in [1.165, 1.54) is 12.1 Å². The first-order valence-electron chi connectivity index (χ1n) is 32.1. The third kappa shape index (κ3) is 23.1. The number of unbranched alkanes of at least 4 members (excludes halogenated alkanes) is 1. The number of halogens is 3. The molecular weight excluding hydrogens is 1500 g/mol. The number of aromatic nitrogens is 8. The molecule has 0 atom stereocenters. The zero-order chi connectivity index (χ0) is 73.9. The highest BCUT2D eigenvalue weighted by atomic mass is 79.9. The van der Waals surface area contributed by atoms with E-state index in [0.29, 0.717) is 66.6 Å². The predicted molar refractivity (Wildman–Crippen MR) is 415 cm³/mol. The molecule has 0 aliphatic carbocycles. The van der Waals surface area contributed by atoms with Gasteiger partial charge in [0.15, 0.2) is 11.5 Å². The number of aryl methyl sites for hydroxylation is 3. The zero-order valence-corrected chi connectivity index (χ0v) is 65.9. The lowest BCUT2D eigenvalue weighted by molar-refractivity contribution is 0.287. The maximum absolute atomic E-state index is 13.4. The molecule has 5 aromatic carbocycles. The van der Waals surface area contributed by atoms with Gasteiger partial charge >= 0.3 is 0 Å². The van der Waals surface area contributed by atoms with E-state index >= 15 is 0 Å². The van der Waals surface area contributed by atoms with Crippen LogP contribution in [-0.2, 0) is 19.2 Å². The number of hydrogen-bond donors (Lipinski definition) is 6. The van der Waals surface area contributed by atoms with Crippen LogP contribution in [-0.4, -0.2) is 196 Å². The van der Waals surface area contributed by atoms with E-state index in [2.05, 4.69) is 133 Å². The summed E-state index contributed by atoms with van der Waals surface area (Å²) >= 11 is 12.8. The second kappa shape index (κ2) is 36.9. The highest BCUT2D eigenvalue weighted by Gasteiger charge is 2.24. The molecule has 0 amide bonds. The Bertz CT molecular complexity index is 4450. The largest absolute Gasteiger partial charge is 0.495 e. The minimum absolute atomic E-state index is 0.0666. The average molecular weight is 1590 g/mol. The number of nitrogens with two attached hydrogens (primary N) is 1. The Morgan fingerprint density at radius 1 is 0.594 bits per heavy atom. The number of nitrogens with zero attached hydrogens (tertiary/aromatic N) is 12. The van der Waals surface area contributed by atoms with Crippen LogP contribution in [0.1, 0.15) is 36.5 Å². The van der Waals surface area contributed by atoms with E-state index in [4.69, 9.17) is 50.9 Å². The Labute approximate surface area is 614 Å². The molecule has 2 aliphatic rings. The first-order chi connectivity index (χ1) is 47.9. The Morgan fingerprint density at radius 2 is 1.05 bits per heavy atom. The number of nitrogens with one attached hydrogen (secondary N) is 3. The molecule has 2 fully saturated rings. The van der Waals surface area contributed by atoms with Crippen LogP contribution in [0.15, 0.2) is 136 Å². The third-order valence-corrected chi connectivity index (χ3v) is 21.3. The summed E-state index contributed by atoms with van der Waals surface area (Å²) in [5.74, 6) is 4.40. The lowest BCUT2D eigenvalue weighted by atomic mass is 10.1. The van der Waals surface area contributed by atoms with E-state index in [0.717, 1.165) is 128 Å². The van der Waals surface area contributed by atoms with Crippen molar-refractivity contribution in [2.24, 2.45) is 0 Å². The number of nitrogen functional groups attached to an aromatic ring is 1. The van der Waals surface area contributed by atoms with Crippen molar-refractivity contribution in [3.05, 3.63) is 153 Å². The predicted octanol–water partition coefficient (Wildman–Crippen LogP) is 12.7. The van der Waals surface area contributed by atoms with Crippen molar-refractivity contribution >= 4 is 130 Å². The van der Waals surface area contributed by atoms with E-state index in [-0.39, 0.29) is 10.2 Å². The van der Waals surface area contributed by atoms with Crippen LogP contribution >= 0.6 is 57.7 Å². The minimum Gasteiger partial charge on any atom is -0.495 e. The number of aliphatic hydroxyl groups excluding tert-OH is 1. The Morgan fingerprint density at radius 3 is 1.47 bits per heavy atom. The third-order valence-electron chi connectivity index (χ3n) is 16.1. The van der Waals surface area contributed by atoms with Gasteiger partial charge in [0.2, 0.25) is 11.2 Å². The number of rotatable bonds is 19. The summed E-state index contributed by atoms with van der Waals surface area (Å²) < 4.78 is 82.1. The lowest BCUT2D eigenvalue weighted by Gasteiger charge is -2.35. The van der Waals surface area contributed by atoms with Crippen LogP contribution < -0.4 is 61.0 Å².